The molecule has 0 saturated carbocycles. The van der Waals surface area contributed by atoms with Gasteiger partial charge in [0.1, 0.15) is 13.2 Å². The van der Waals surface area contributed by atoms with Crippen molar-refractivity contribution in [2.75, 3.05) is 32.2 Å². The van der Waals surface area contributed by atoms with Crippen molar-refractivity contribution >= 4 is 17.3 Å². The zero-order valence-electron chi connectivity index (χ0n) is 14.6. The third-order valence-corrected chi connectivity index (χ3v) is 3.93. The highest BCUT2D eigenvalue weighted by Gasteiger charge is 2.14. The quantitative estimate of drug-likeness (QED) is 0.687. The number of hydrogen-bond acceptors (Lipinski definition) is 5. The highest BCUT2D eigenvalue weighted by atomic mass is 16.6. The second-order valence-corrected chi connectivity index (χ2v) is 5.94. The third kappa shape index (κ3) is 3.91. The normalized spacial score (nSPS) is 13.3. The lowest BCUT2D eigenvalue weighted by molar-refractivity contribution is 0.0953. The molecule has 1 heterocycles. The number of nitrogens with zero attached hydrogens (tertiary/aromatic N) is 2. The Morgan fingerprint density at radius 1 is 1.00 bits per heavy atom. The Kier molecular flexibility index (Phi) is 4.88. The molecule has 130 valence electrons. The molecule has 2 aromatic rings. The summed E-state index contributed by atoms with van der Waals surface area (Å²) < 4.78 is 10.9. The second-order valence-electron chi connectivity index (χ2n) is 5.94. The van der Waals surface area contributed by atoms with E-state index in [0.29, 0.717) is 30.3 Å². The largest absolute Gasteiger partial charge is 0.486 e. The second kappa shape index (κ2) is 7.25. The Hall–Kier alpha value is -3.02. The molecule has 1 N–H and O–H groups in total. The lowest BCUT2D eigenvalue weighted by atomic mass is 10.1. The fourth-order valence-electron chi connectivity index (χ4n) is 2.45. The molecule has 1 aliphatic rings. The molecule has 6 nitrogen and oxygen atoms in total. The van der Waals surface area contributed by atoms with Crippen molar-refractivity contribution in [2.24, 2.45) is 5.10 Å². The summed E-state index contributed by atoms with van der Waals surface area (Å²) in [5.74, 6) is 0.948. The molecule has 2 aromatic carbocycles. The summed E-state index contributed by atoms with van der Waals surface area (Å²) in [4.78, 5) is 14.3. The highest BCUT2D eigenvalue weighted by molar-refractivity contribution is 6.01. The highest BCUT2D eigenvalue weighted by Crippen LogP contribution is 2.30. The molecule has 0 aromatic heterocycles. The van der Waals surface area contributed by atoms with Crippen LogP contribution in [0.5, 0.6) is 11.5 Å². The van der Waals surface area contributed by atoms with E-state index in [-0.39, 0.29) is 5.91 Å². The summed E-state index contributed by atoms with van der Waals surface area (Å²) >= 11 is 0. The SMILES string of the molecule is CC(=NNC(=O)c1ccc2c(c1)OCCO2)c1ccc(N(C)C)cc1. The molecule has 3 rings (SSSR count). The molecule has 0 bridgehead atoms. The van der Waals surface area contributed by atoms with Gasteiger partial charge in [-0.25, -0.2) is 5.43 Å². The van der Waals surface area contributed by atoms with Gasteiger partial charge in [0.05, 0.1) is 5.71 Å². The minimum absolute atomic E-state index is 0.291. The summed E-state index contributed by atoms with van der Waals surface area (Å²) in [6, 6.07) is 13.1. The van der Waals surface area contributed by atoms with Gasteiger partial charge in [-0.1, -0.05) is 12.1 Å². The zero-order valence-corrected chi connectivity index (χ0v) is 14.6. The van der Waals surface area contributed by atoms with Gasteiger partial charge in [0.15, 0.2) is 11.5 Å². The molecule has 0 atom stereocenters. The molecule has 0 radical (unpaired) electrons. The van der Waals surface area contributed by atoms with E-state index in [9.17, 15) is 4.79 Å². The first kappa shape index (κ1) is 16.8. The summed E-state index contributed by atoms with van der Waals surface area (Å²) in [7, 11) is 3.98. The van der Waals surface area contributed by atoms with Crippen molar-refractivity contribution in [3.05, 3.63) is 53.6 Å². The standard InChI is InChI=1S/C19H21N3O3/c1-13(14-4-7-16(8-5-14)22(2)3)20-21-19(23)15-6-9-17-18(12-15)25-11-10-24-17/h4-9,12H,10-11H2,1-3H3,(H,21,23). The number of hydrazone groups is 1. The fourth-order valence-corrected chi connectivity index (χ4v) is 2.45. The van der Waals surface area contributed by atoms with Crippen LogP contribution in [-0.4, -0.2) is 38.9 Å². The van der Waals surface area contributed by atoms with Gasteiger partial charge in [0.2, 0.25) is 0 Å². The van der Waals surface area contributed by atoms with Gasteiger partial charge in [-0.2, -0.15) is 5.10 Å². The summed E-state index contributed by atoms with van der Waals surface area (Å²) in [6.45, 7) is 2.86. The minimum Gasteiger partial charge on any atom is -0.486 e. The number of rotatable bonds is 4. The van der Waals surface area contributed by atoms with Crippen LogP contribution in [0.25, 0.3) is 0 Å². The monoisotopic (exact) mass is 339 g/mol. The Labute approximate surface area is 147 Å². The average molecular weight is 339 g/mol. The Morgan fingerprint density at radius 2 is 1.64 bits per heavy atom. The third-order valence-electron chi connectivity index (χ3n) is 3.93. The van der Waals surface area contributed by atoms with E-state index in [4.69, 9.17) is 9.47 Å². The predicted octanol–water partition coefficient (Wildman–Crippen LogP) is 2.68. The van der Waals surface area contributed by atoms with Gasteiger partial charge >= 0.3 is 0 Å². The molecule has 1 aliphatic heterocycles. The molecular weight excluding hydrogens is 318 g/mol. The summed E-state index contributed by atoms with van der Waals surface area (Å²) in [6.07, 6.45) is 0. The van der Waals surface area contributed by atoms with Crippen molar-refractivity contribution < 1.29 is 14.3 Å². The van der Waals surface area contributed by atoms with Crippen LogP contribution in [0, 0.1) is 0 Å². The number of carbonyl (C=O) groups excluding carboxylic acids is 1. The molecule has 0 fully saturated rings. The number of hydrogen-bond donors (Lipinski definition) is 1. The van der Waals surface area contributed by atoms with E-state index < -0.39 is 0 Å². The molecule has 25 heavy (non-hydrogen) atoms. The number of anilines is 1. The van der Waals surface area contributed by atoms with E-state index in [0.717, 1.165) is 17.0 Å². The first-order valence-electron chi connectivity index (χ1n) is 8.06. The van der Waals surface area contributed by atoms with E-state index in [2.05, 4.69) is 10.5 Å². The maximum absolute atomic E-state index is 12.3. The van der Waals surface area contributed by atoms with Crippen LogP contribution in [-0.2, 0) is 0 Å². The molecule has 1 amide bonds. The molecule has 0 spiro atoms. The lowest BCUT2D eigenvalue weighted by Gasteiger charge is -2.18. The fraction of sp³-hybridized carbons (Fsp3) is 0.263. The van der Waals surface area contributed by atoms with Crippen LogP contribution in [0.1, 0.15) is 22.8 Å². The molecular formula is C19H21N3O3. The minimum atomic E-state index is -0.291. The van der Waals surface area contributed by atoms with Gasteiger partial charge in [-0.3, -0.25) is 4.79 Å². The first-order valence-corrected chi connectivity index (χ1v) is 8.06. The average Bonchev–Trinajstić information content (AvgIpc) is 2.65. The van der Waals surface area contributed by atoms with Gasteiger partial charge in [-0.15, -0.1) is 0 Å². The van der Waals surface area contributed by atoms with E-state index >= 15 is 0 Å². The van der Waals surface area contributed by atoms with Crippen molar-refractivity contribution in [1.82, 2.24) is 5.43 Å². The van der Waals surface area contributed by atoms with E-state index in [1.54, 1.807) is 18.2 Å². The number of fused-ring (bicyclic) bond motifs is 1. The van der Waals surface area contributed by atoms with Crippen LogP contribution >= 0.6 is 0 Å². The maximum atomic E-state index is 12.3. The Morgan fingerprint density at radius 3 is 2.32 bits per heavy atom. The van der Waals surface area contributed by atoms with Gasteiger partial charge in [-0.05, 0) is 42.8 Å². The number of ether oxygens (including phenoxy) is 2. The number of nitrogens with one attached hydrogen (secondary N) is 1. The molecule has 0 unspecified atom stereocenters. The van der Waals surface area contributed by atoms with Crippen molar-refractivity contribution in [3.8, 4) is 11.5 Å². The van der Waals surface area contributed by atoms with Crippen LogP contribution in [0.2, 0.25) is 0 Å². The van der Waals surface area contributed by atoms with Gasteiger partial charge in [0, 0.05) is 25.3 Å². The number of amides is 1. The van der Waals surface area contributed by atoms with Crippen molar-refractivity contribution in [3.63, 3.8) is 0 Å². The van der Waals surface area contributed by atoms with Gasteiger partial charge < -0.3 is 14.4 Å². The maximum Gasteiger partial charge on any atom is 0.271 e. The smallest absolute Gasteiger partial charge is 0.271 e. The van der Waals surface area contributed by atoms with E-state index in [1.807, 2.05) is 50.2 Å². The molecule has 0 saturated heterocycles. The number of benzene rings is 2. The van der Waals surface area contributed by atoms with Crippen LogP contribution in [0.4, 0.5) is 5.69 Å². The van der Waals surface area contributed by atoms with Gasteiger partial charge in [0.25, 0.3) is 5.91 Å². The summed E-state index contributed by atoms with van der Waals surface area (Å²) in [5.41, 5.74) is 5.85. The van der Waals surface area contributed by atoms with E-state index in [1.165, 1.54) is 0 Å². The molecule has 6 heteroatoms. The van der Waals surface area contributed by atoms with Crippen molar-refractivity contribution in [1.29, 1.82) is 0 Å². The first-order chi connectivity index (χ1) is 12.0. The molecule has 0 aliphatic carbocycles. The van der Waals surface area contributed by atoms with Crippen LogP contribution < -0.4 is 19.8 Å². The van der Waals surface area contributed by atoms with Crippen LogP contribution in [0.3, 0.4) is 0 Å². The summed E-state index contributed by atoms with van der Waals surface area (Å²) in [5, 5.41) is 4.19. The topological polar surface area (TPSA) is 63.2 Å². The van der Waals surface area contributed by atoms with Crippen molar-refractivity contribution in [2.45, 2.75) is 6.92 Å². The van der Waals surface area contributed by atoms with Crippen LogP contribution in [0.15, 0.2) is 47.6 Å². The zero-order chi connectivity index (χ0) is 17.8. The Bertz CT molecular complexity index is 798. The number of carbonyl (C=O) groups is 1. The lowest BCUT2D eigenvalue weighted by Crippen LogP contribution is -2.20. The predicted molar refractivity (Wildman–Crippen MR) is 97.9 cm³/mol. The Balaban J connectivity index is 1.69.